The number of hydrogen-bond acceptors (Lipinski definition) is 13. The summed E-state index contributed by atoms with van der Waals surface area (Å²) >= 11 is 3.65. The molecule has 466 valence electrons. The van der Waals surface area contributed by atoms with Gasteiger partial charge in [0.1, 0.15) is 17.1 Å². The number of carbonyl (C=O) groups is 3. The van der Waals surface area contributed by atoms with E-state index in [0.717, 1.165) is 94.2 Å². The number of carbonyl (C=O) groups excluding carboxylic acids is 3. The van der Waals surface area contributed by atoms with Gasteiger partial charge < -0.3 is 40.7 Å². The molecule has 2 aliphatic heterocycles. The number of amides is 1. The van der Waals surface area contributed by atoms with Gasteiger partial charge >= 0.3 is 5.97 Å². The van der Waals surface area contributed by atoms with Gasteiger partial charge in [-0.05, 0) is 145 Å². The number of nitrogen functional groups attached to an aromatic ring is 1. The lowest BCUT2D eigenvalue weighted by Crippen LogP contribution is -2.44. The number of likely N-dealkylation sites (N-methyl/N-ethyl adjacent to an activating group) is 1. The molecule has 89 heavy (non-hydrogen) atoms. The fourth-order valence-corrected chi connectivity index (χ4v) is 15.3. The molecule has 4 aromatic carbocycles. The fraction of sp³-hybridized carbons (Fsp3) is 0.361. The standard InChI is InChI=1S/C18H21N3O.C16H14N2O2.C14H18N2O.C14H19NOS.C10H12O2S/c1-14-6-8-16(9-7-14)17-13-20-11-4-5-15(2)21(20)18(17)19-10-12-22-3;1-11(19)18-10-14(12-6-2-4-8-15(12)18)17-13-7-3-5-9-16(13)20;1-8-7-16(3)9(2)13-11-6-10(15)4-5-12(11)17-14(8)13;1-8(2)10-7-12-13(14(16)15-10)9-5-3-4-6-11(9)17-12;1-6-9(10(11)12-2)7-4-3-5-8(7)13-6/h4-9,11,13H,10,12H2,1-3H3;2-10,17,20H,1H3;4-6,8-9H,7,15H2,1-3H3;8,10H,3-7H2,1-2H3,(H,15,16);3-5H2,1-2H3/p+1. The number of esters is 1. The number of para-hydroxylation sites is 3. The van der Waals surface area contributed by atoms with Gasteiger partial charge in [-0.25, -0.2) is 4.79 Å². The van der Waals surface area contributed by atoms with Crippen molar-refractivity contribution in [3.05, 3.63) is 186 Å². The highest BCUT2D eigenvalue weighted by Gasteiger charge is 2.34. The predicted molar refractivity (Wildman–Crippen MR) is 361 cm³/mol. The molecule has 0 radical (unpaired) electrons. The van der Waals surface area contributed by atoms with Crippen molar-refractivity contribution in [1.82, 2.24) is 19.3 Å². The number of aromatic hydroxyl groups is 1. The van der Waals surface area contributed by atoms with E-state index in [1.54, 1.807) is 47.4 Å². The normalized spacial score (nSPS) is 16.4. The number of benzene rings is 4. The average Bonchev–Trinajstić information content (AvgIpc) is 1.80. The SMILES string of the molecule is CC(=O)n1cc(Nc2ccccc2O)c2ccccc21.CC(C)C1Cc2sc3c(c2C(=O)N1)CCCC3.CC1CN(C)C(C)c2c1oc1ccc(N)cc21.COC(=O)c1c(C)sc2c1CCC2.COCCNc1c(-c2ccc(C)cc2)c[n+]2cccc(C)n12. The quantitative estimate of drug-likeness (QED) is 0.0305. The monoisotopic (exact) mass is 1240 g/mol. The van der Waals surface area contributed by atoms with E-state index in [4.69, 9.17) is 19.6 Å². The van der Waals surface area contributed by atoms with Crippen LogP contribution in [0.2, 0.25) is 0 Å². The first kappa shape index (κ1) is 63.8. The molecule has 0 saturated carbocycles. The average molecular weight is 1240 g/mol. The van der Waals surface area contributed by atoms with Crippen LogP contribution in [0.15, 0.2) is 126 Å². The van der Waals surface area contributed by atoms with Gasteiger partial charge in [0.25, 0.3) is 5.91 Å². The van der Waals surface area contributed by atoms with Crippen molar-refractivity contribution in [2.75, 3.05) is 57.3 Å². The minimum absolute atomic E-state index is 0.0495. The second kappa shape index (κ2) is 28.1. The first-order chi connectivity index (χ1) is 42.8. The number of furan rings is 1. The van der Waals surface area contributed by atoms with Crippen molar-refractivity contribution in [3.63, 3.8) is 0 Å². The third-order valence-electron chi connectivity index (χ3n) is 17.4. The van der Waals surface area contributed by atoms with Crippen molar-refractivity contribution in [2.45, 2.75) is 125 Å². The number of aryl methyl sites for hydroxylation is 5. The van der Waals surface area contributed by atoms with Crippen LogP contribution < -0.4 is 26.2 Å². The van der Waals surface area contributed by atoms with Crippen LogP contribution in [0.1, 0.15) is 145 Å². The zero-order valence-corrected chi connectivity index (χ0v) is 54.8. The lowest BCUT2D eigenvalue weighted by molar-refractivity contribution is -0.617. The van der Waals surface area contributed by atoms with Gasteiger partial charge in [-0.3, -0.25) is 19.1 Å². The summed E-state index contributed by atoms with van der Waals surface area (Å²) < 4.78 is 21.8. The highest BCUT2D eigenvalue weighted by Crippen LogP contribution is 2.43. The molecule has 6 aromatic heterocycles. The third-order valence-corrected chi connectivity index (χ3v) is 19.9. The number of thiophene rings is 2. The molecule has 10 aromatic rings. The maximum atomic E-state index is 12.2. The highest BCUT2D eigenvalue weighted by atomic mass is 32.1. The molecular weight excluding hydrogens is 1150 g/mol. The largest absolute Gasteiger partial charge is 0.506 e. The number of nitrogens with one attached hydrogen (secondary N) is 3. The predicted octanol–water partition coefficient (Wildman–Crippen LogP) is 15.0. The summed E-state index contributed by atoms with van der Waals surface area (Å²) in [4.78, 5) is 43.0. The Morgan fingerprint density at radius 1 is 0.854 bits per heavy atom. The number of fused-ring (bicyclic) bond motifs is 9. The lowest BCUT2D eigenvalue weighted by atomic mass is 9.89. The minimum Gasteiger partial charge on any atom is -0.506 e. The van der Waals surface area contributed by atoms with Crippen LogP contribution in [-0.4, -0.2) is 83.9 Å². The van der Waals surface area contributed by atoms with Gasteiger partial charge in [-0.1, -0.05) is 85.4 Å². The van der Waals surface area contributed by atoms with Gasteiger partial charge in [-0.2, -0.15) is 0 Å². The van der Waals surface area contributed by atoms with Gasteiger partial charge in [0.15, 0.2) is 5.82 Å². The number of aromatic nitrogens is 3. The van der Waals surface area contributed by atoms with Crippen molar-refractivity contribution in [2.24, 2.45) is 5.92 Å². The molecule has 0 saturated heterocycles. The van der Waals surface area contributed by atoms with Crippen molar-refractivity contribution in [1.29, 1.82) is 0 Å². The summed E-state index contributed by atoms with van der Waals surface area (Å²) in [5.41, 5.74) is 20.5. The first-order valence-electron chi connectivity index (χ1n) is 31.0. The smallest absolute Gasteiger partial charge is 0.339 e. The Bertz CT molecular complexity index is 4170. The molecule has 14 rings (SSSR count). The number of rotatable bonds is 9. The Balaban J connectivity index is 0.000000124. The molecule has 15 nitrogen and oxygen atoms in total. The number of hydrogen-bond donors (Lipinski definition) is 5. The number of phenolic OH excluding ortho intramolecular Hbond substituents is 1. The third kappa shape index (κ3) is 13.8. The molecule has 1 amide bonds. The Hall–Kier alpha value is -8.22. The number of phenols is 1. The Labute approximate surface area is 530 Å². The second-order valence-corrected chi connectivity index (χ2v) is 26.6. The molecule has 0 spiro atoms. The maximum Gasteiger partial charge on any atom is 0.339 e. The zero-order valence-electron chi connectivity index (χ0n) is 53.2. The summed E-state index contributed by atoms with van der Waals surface area (Å²) in [6, 6.07) is 34.1. The van der Waals surface area contributed by atoms with E-state index in [1.165, 1.54) is 98.8 Å². The second-order valence-electron chi connectivity index (χ2n) is 24.1. The minimum atomic E-state index is -0.170. The number of nitrogens with zero attached hydrogens (tertiary/aromatic N) is 4. The number of methoxy groups -OCH3 is 2. The number of nitrogens with two attached hydrogens (primary N) is 1. The van der Waals surface area contributed by atoms with Crippen LogP contribution in [0.3, 0.4) is 0 Å². The molecule has 0 bridgehead atoms. The van der Waals surface area contributed by atoms with Gasteiger partial charge in [0, 0.05) is 105 Å². The van der Waals surface area contributed by atoms with Crippen molar-refractivity contribution >= 4 is 85.2 Å². The molecule has 6 N–H and O–H groups in total. The maximum absolute atomic E-state index is 12.2. The molecule has 8 heterocycles. The summed E-state index contributed by atoms with van der Waals surface area (Å²) in [5.74, 6) is 3.33. The Kier molecular flexibility index (Phi) is 20.1. The Morgan fingerprint density at radius 2 is 1.57 bits per heavy atom. The number of anilines is 4. The lowest BCUT2D eigenvalue weighted by Gasteiger charge is -2.32. The molecule has 3 atom stereocenters. The van der Waals surface area contributed by atoms with Crippen LogP contribution in [0.25, 0.3) is 33.0 Å². The van der Waals surface area contributed by atoms with Crippen LogP contribution in [-0.2, 0) is 41.6 Å². The molecular formula is C72H85N8O7S2+. The van der Waals surface area contributed by atoms with E-state index < -0.39 is 0 Å². The summed E-state index contributed by atoms with van der Waals surface area (Å²) in [5, 5.41) is 21.8. The van der Waals surface area contributed by atoms with Crippen LogP contribution >= 0.6 is 22.7 Å². The van der Waals surface area contributed by atoms with Crippen LogP contribution in [0, 0.1) is 26.7 Å². The van der Waals surface area contributed by atoms with Crippen LogP contribution in [0.5, 0.6) is 5.75 Å². The summed E-state index contributed by atoms with van der Waals surface area (Å²) in [6.45, 7) is 19.0. The van der Waals surface area contributed by atoms with Crippen molar-refractivity contribution < 1.29 is 37.9 Å². The molecule has 17 heteroatoms. The van der Waals surface area contributed by atoms with E-state index in [0.29, 0.717) is 36.2 Å². The van der Waals surface area contributed by atoms with E-state index in [2.05, 4.69) is 127 Å². The fourth-order valence-electron chi connectivity index (χ4n) is 12.6. The molecule has 2 aliphatic carbocycles. The van der Waals surface area contributed by atoms with Crippen LogP contribution in [0.4, 0.5) is 22.9 Å². The van der Waals surface area contributed by atoms with E-state index in [-0.39, 0.29) is 23.5 Å². The van der Waals surface area contributed by atoms with E-state index in [1.807, 2.05) is 66.8 Å². The topological polar surface area (TPSA) is 182 Å². The number of ether oxygens (including phenoxy) is 2. The van der Waals surface area contributed by atoms with Gasteiger partial charge in [0.05, 0.1) is 53.0 Å². The molecule has 0 fully saturated rings. The summed E-state index contributed by atoms with van der Waals surface area (Å²) in [7, 11) is 5.33. The zero-order chi connectivity index (χ0) is 63.2. The first-order valence-corrected chi connectivity index (χ1v) is 32.6. The summed E-state index contributed by atoms with van der Waals surface area (Å²) in [6.07, 6.45) is 15.2. The van der Waals surface area contributed by atoms with Crippen molar-refractivity contribution in [3.8, 4) is 16.9 Å². The highest BCUT2D eigenvalue weighted by molar-refractivity contribution is 7.13. The molecule has 4 aliphatic rings. The van der Waals surface area contributed by atoms with E-state index >= 15 is 0 Å². The van der Waals surface area contributed by atoms with Gasteiger partial charge in [-0.15, -0.1) is 27.2 Å². The molecule has 3 unspecified atom stereocenters. The van der Waals surface area contributed by atoms with Gasteiger partial charge in [0.2, 0.25) is 18.3 Å². The van der Waals surface area contributed by atoms with E-state index in [9.17, 15) is 19.5 Å². The Morgan fingerprint density at radius 3 is 2.31 bits per heavy atom.